The van der Waals surface area contributed by atoms with Gasteiger partial charge >= 0.3 is 0 Å². The van der Waals surface area contributed by atoms with Crippen molar-refractivity contribution in [3.63, 3.8) is 0 Å². The van der Waals surface area contributed by atoms with E-state index in [9.17, 15) is 0 Å². The SMILES string of the molecule is Clc1ccc(CSc2nc3ccccc3n2-c2ccccc2)cc1. The fraction of sp³-hybridized carbons (Fsp3) is 0.0500. The van der Waals surface area contributed by atoms with Crippen LogP contribution in [0.3, 0.4) is 0 Å². The lowest BCUT2D eigenvalue weighted by atomic mass is 10.2. The van der Waals surface area contributed by atoms with Gasteiger partial charge in [0.2, 0.25) is 0 Å². The van der Waals surface area contributed by atoms with Crippen LogP contribution >= 0.6 is 23.4 Å². The van der Waals surface area contributed by atoms with Gasteiger partial charge < -0.3 is 0 Å². The molecule has 0 amide bonds. The number of aromatic nitrogens is 2. The Labute approximate surface area is 150 Å². The van der Waals surface area contributed by atoms with Crippen molar-refractivity contribution in [2.75, 3.05) is 0 Å². The molecular formula is C20H15ClN2S. The van der Waals surface area contributed by atoms with Gasteiger partial charge in [-0.05, 0) is 42.0 Å². The van der Waals surface area contributed by atoms with Crippen LogP contribution in [0.15, 0.2) is 84.0 Å². The second kappa shape index (κ2) is 6.71. The summed E-state index contributed by atoms with van der Waals surface area (Å²) in [5.41, 5.74) is 4.50. The number of para-hydroxylation sites is 3. The Kier molecular flexibility index (Phi) is 4.28. The van der Waals surface area contributed by atoms with Gasteiger partial charge in [-0.3, -0.25) is 4.57 Å². The molecule has 0 aliphatic rings. The zero-order valence-corrected chi connectivity index (χ0v) is 14.5. The number of rotatable bonds is 4. The smallest absolute Gasteiger partial charge is 0.174 e. The minimum absolute atomic E-state index is 0.764. The maximum absolute atomic E-state index is 5.96. The van der Waals surface area contributed by atoms with Crippen molar-refractivity contribution in [3.05, 3.63) is 89.4 Å². The number of thioether (sulfide) groups is 1. The molecule has 4 aromatic rings. The Hall–Kier alpha value is -2.23. The van der Waals surface area contributed by atoms with Gasteiger partial charge in [0.1, 0.15) is 0 Å². The molecule has 118 valence electrons. The molecule has 1 aromatic heterocycles. The third-order valence-electron chi connectivity index (χ3n) is 3.83. The van der Waals surface area contributed by atoms with Crippen molar-refractivity contribution in [2.24, 2.45) is 0 Å². The molecule has 0 bridgehead atoms. The summed E-state index contributed by atoms with van der Waals surface area (Å²) in [5.74, 6) is 0.854. The second-order valence-electron chi connectivity index (χ2n) is 5.47. The van der Waals surface area contributed by atoms with Gasteiger partial charge in [0.15, 0.2) is 5.16 Å². The van der Waals surface area contributed by atoms with Crippen molar-refractivity contribution in [1.82, 2.24) is 9.55 Å². The van der Waals surface area contributed by atoms with Crippen LogP contribution in [0, 0.1) is 0 Å². The van der Waals surface area contributed by atoms with E-state index in [0.29, 0.717) is 0 Å². The lowest BCUT2D eigenvalue weighted by molar-refractivity contribution is 0.919. The zero-order chi connectivity index (χ0) is 16.4. The quantitative estimate of drug-likeness (QED) is 0.422. The molecule has 0 fully saturated rings. The Balaban J connectivity index is 1.73. The summed E-state index contributed by atoms with van der Waals surface area (Å²) in [5, 5.41) is 1.76. The lowest BCUT2D eigenvalue weighted by Crippen LogP contribution is -1.96. The molecule has 1 heterocycles. The minimum Gasteiger partial charge on any atom is -0.287 e. The largest absolute Gasteiger partial charge is 0.287 e. The topological polar surface area (TPSA) is 17.8 Å². The molecule has 0 spiro atoms. The molecule has 0 N–H and O–H groups in total. The third-order valence-corrected chi connectivity index (χ3v) is 5.09. The number of hydrogen-bond donors (Lipinski definition) is 0. The second-order valence-corrected chi connectivity index (χ2v) is 6.85. The summed E-state index contributed by atoms with van der Waals surface area (Å²) in [6.07, 6.45) is 0. The highest BCUT2D eigenvalue weighted by Crippen LogP contribution is 2.30. The van der Waals surface area contributed by atoms with Crippen molar-refractivity contribution in [2.45, 2.75) is 10.9 Å². The zero-order valence-electron chi connectivity index (χ0n) is 12.9. The molecule has 3 aromatic carbocycles. The summed E-state index contributed by atoms with van der Waals surface area (Å²) in [6, 6.07) is 26.6. The normalized spacial score (nSPS) is 11.0. The van der Waals surface area contributed by atoms with Crippen molar-refractivity contribution >= 4 is 34.4 Å². The molecule has 0 aliphatic heterocycles. The van der Waals surface area contributed by atoms with Gasteiger partial charge in [-0.25, -0.2) is 4.98 Å². The van der Waals surface area contributed by atoms with E-state index in [-0.39, 0.29) is 0 Å². The fourth-order valence-corrected chi connectivity index (χ4v) is 3.77. The Morgan fingerprint density at radius 1 is 0.833 bits per heavy atom. The first-order valence-corrected chi connectivity index (χ1v) is 9.08. The van der Waals surface area contributed by atoms with Crippen LogP contribution < -0.4 is 0 Å². The summed E-state index contributed by atoms with van der Waals surface area (Å²) >= 11 is 7.70. The van der Waals surface area contributed by atoms with Crippen LogP contribution in [0.25, 0.3) is 16.7 Å². The number of hydrogen-bond acceptors (Lipinski definition) is 2. The molecule has 2 nitrogen and oxygen atoms in total. The van der Waals surface area contributed by atoms with Crippen LogP contribution in [0.2, 0.25) is 5.02 Å². The number of fused-ring (bicyclic) bond motifs is 1. The highest BCUT2D eigenvalue weighted by Gasteiger charge is 2.12. The van der Waals surface area contributed by atoms with E-state index in [0.717, 1.165) is 32.7 Å². The molecule has 4 heteroatoms. The van der Waals surface area contributed by atoms with Gasteiger partial charge in [0.25, 0.3) is 0 Å². The van der Waals surface area contributed by atoms with Crippen LogP contribution in [0.1, 0.15) is 5.56 Å². The van der Waals surface area contributed by atoms with E-state index >= 15 is 0 Å². The van der Waals surface area contributed by atoms with Crippen LogP contribution in [-0.4, -0.2) is 9.55 Å². The van der Waals surface area contributed by atoms with Gasteiger partial charge in [-0.1, -0.05) is 65.8 Å². The van der Waals surface area contributed by atoms with Gasteiger partial charge in [0, 0.05) is 16.5 Å². The van der Waals surface area contributed by atoms with Crippen LogP contribution in [0.4, 0.5) is 0 Å². The molecule has 0 saturated carbocycles. The van der Waals surface area contributed by atoms with Crippen LogP contribution in [0.5, 0.6) is 0 Å². The molecule has 4 rings (SSSR count). The molecule has 0 unspecified atom stereocenters. The lowest BCUT2D eigenvalue weighted by Gasteiger charge is -2.09. The Morgan fingerprint density at radius 2 is 1.54 bits per heavy atom. The Morgan fingerprint density at radius 3 is 2.33 bits per heavy atom. The van der Waals surface area contributed by atoms with Crippen LogP contribution in [-0.2, 0) is 5.75 Å². The number of nitrogens with zero attached hydrogens (tertiary/aromatic N) is 2. The van der Waals surface area contributed by atoms with Gasteiger partial charge in [-0.2, -0.15) is 0 Å². The van der Waals surface area contributed by atoms with E-state index in [1.807, 2.05) is 24.3 Å². The summed E-state index contributed by atoms with van der Waals surface area (Å²) in [4.78, 5) is 4.82. The first kappa shape index (κ1) is 15.3. The number of benzene rings is 3. The summed E-state index contributed by atoms with van der Waals surface area (Å²) in [7, 11) is 0. The van der Waals surface area contributed by atoms with Gasteiger partial charge in [-0.15, -0.1) is 0 Å². The van der Waals surface area contributed by atoms with E-state index in [4.69, 9.17) is 16.6 Å². The highest BCUT2D eigenvalue weighted by atomic mass is 35.5. The molecule has 0 radical (unpaired) electrons. The van der Waals surface area contributed by atoms with Crippen molar-refractivity contribution in [3.8, 4) is 5.69 Å². The monoisotopic (exact) mass is 350 g/mol. The molecule has 0 atom stereocenters. The summed E-state index contributed by atoms with van der Waals surface area (Å²) < 4.78 is 2.22. The van der Waals surface area contributed by atoms with E-state index in [2.05, 4.69) is 59.2 Å². The number of imidazole rings is 1. The number of halogens is 1. The van der Waals surface area contributed by atoms with E-state index < -0.39 is 0 Å². The van der Waals surface area contributed by atoms with Gasteiger partial charge in [0.05, 0.1) is 11.0 Å². The first-order chi connectivity index (χ1) is 11.8. The van der Waals surface area contributed by atoms with Crippen molar-refractivity contribution < 1.29 is 0 Å². The highest BCUT2D eigenvalue weighted by molar-refractivity contribution is 7.98. The molecule has 0 saturated heterocycles. The predicted octanol–water partition coefficient (Wildman–Crippen LogP) is 5.97. The fourth-order valence-electron chi connectivity index (χ4n) is 2.66. The average Bonchev–Trinajstić information content (AvgIpc) is 3.00. The molecule has 0 aliphatic carbocycles. The standard InChI is InChI=1S/C20H15ClN2S/c21-16-12-10-15(11-13-16)14-24-20-22-18-8-4-5-9-19(18)23(20)17-6-2-1-3-7-17/h1-13H,14H2. The Bertz CT molecular complexity index is 962. The predicted molar refractivity (Wildman–Crippen MR) is 102 cm³/mol. The molecular weight excluding hydrogens is 336 g/mol. The first-order valence-electron chi connectivity index (χ1n) is 7.71. The van der Waals surface area contributed by atoms with Crippen molar-refractivity contribution in [1.29, 1.82) is 0 Å². The van der Waals surface area contributed by atoms with E-state index in [1.165, 1.54) is 5.56 Å². The maximum atomic E-state index is 5.96. The maximum Gasteiger partial charge on any atom is 0.174 e. The molecule has 24 heavy (non-hydrogen) atoms. The summed E-state index contributed by atoms with van der Waals surface area (Å²) in [6.45, 7) is 0. The third kappa shape index (κ3) is 3.05. The minimum atomic E-state index is 0.764. The van der Waals surface area contributed by atoms with E-state index in [1.54, 1.807) is 11.8 Å². The average molecular weight is 351 g/mol.